The first kappa shape index (κ1) is 28.7. The maximum atomic E-state index is 9.56. The van der Waals surface area contributed by atoms with Gasteiger partial charge in [0.1, 0.15) is 0 Å². The summed E-state index contributed by atoms with van der Waals surface area (Å²) in [7, 11) is 0. The highest BCUT2D eigenvalue weighted by Gasteiger charge is 2.22. The summed E-state index contributed by atoms with van der Waals surface area (Å²) in [5.74, 6) is 0. The van der Waals surface area contributed by atoms with E-state index in [0.29, 0.717) is 35.1 Å². The molecule has 5 aromatic carbocycles. The van der Waals surface area contributed by atoms with Crippen LogP contribution in [-0.4, -0.2) is 0 Å². The summed E-state index contributed by atoms with van der Waals surface area (Å²) >= 11 is 3.51. The maximum absolute atomic E-state index is 9.56. The molecule has 0 amide bonds. The van der Waals surface area contributed by atoms with Crippen molar-refractivity contribution in [2.45, 2.75) is 12.8 Å². The van der Waals surface area contributed by atoms with Crippen molar-refractivity contribution < 1.29 is 0 Å². The maximum Gasteiger partial charge on any atom is 0.0992 e. The molecule has 7 rings (SSSR count). The number of nitrogens with zero attached hydrogens (tertiary/aromatic N) is 4. The molecule has 7 aromatic rings. The van der Waals surface area contributed by atoms with Crippen molar-refractivity contribution in [2.75, 3.05) is 0 Å². The lowest BCUT2D eigenvalue weighted by molar-refractivity contribution is 1.23. The standard InChI is InChI=1S/C40H22N4S2/c41-21-27-11-25(12-28(15-27)22-42)17-33-19-35-37(31-7-3-1-4-8-31)39-36(38(40(35)46-33)32-9-5-2-6-10-32)20-34(45-39)18-26-13-29(23-43)16-30(14-26)24-44/h1-16,19-20H,17-18H2. The average molecular weight is 623 g/mol. The quantitative estimate of drug-likeness (QED) is 0.184. The fraction of sp³-hybridized carbons (Fsp3) is 0.0500. The van der Waals surface area contributed by atoms with Crippen LogP contribution in [0.15, 0.2) is 109 Å². The summed E-state index contributed by atoms with van der Waals surface area (Å²) < 4.78 is 2.37. The van der Waals surface area contributed by atoms with Crippen molar-refractivity contribution in [2.24, 2.45) is 0 Å². The Hall–Kier alpha value is -6.02. The zero-order valence-electron chi connectivity index (χ0n) is 24.4. The second-order valence-electron chi connectivity index (χ2n) is 11.0. The molecule has 0 saturated carbocycles. The predicted molar refractivity (Wildman–Crippen MR) is 185 cm³/mol. The lowest BCUT2D eigenvalue weighted by atomic mass is 9.93. The molecule has 0 N–H and O–H groups in total. The zero-order chi connectivity index (χ0) is 31.6. The van der Waals surface area contributed by atoms with Gasteiger partial charge >= 0.3 is 0 Å². The van der Waals surface area contributed by atoms with Crippen molar-refractivity contribution in [3.63, 3.8) is 0 Å². The third-order valence-electron chi connectivity index (χ3n) is 7.94. The van der Waals surface area contributed by atoms with Gasteiger partial charge in [0, 0.05) is 53.9 Å². The van der Waals surface area contributed by atoms with E-state index in [4.69, 9.17) is 0 Å². The normalized spacial score (nSPS) is 10.7. The van der Waals surface area contributed by atoms with Gasteiger partial charge in [-0.2, -0.15) is 21.0 Å². The number of benzene rings is 5. The van der Waals surface area contributed by atoms with Gasteiger partial charge in [0.05, 0.1) is 46.5 Å². The Bertz CT molecular complexity index is 2170. The molecular weight excluding hydrogens is 601 g/mol. The monoisotopic (exact) mass is 622 g/mol. The summed E-state index contributed by atoms with van der Waals surface area (Å²) in [5, 5.41) is 40.6. The van der Waals surface area contributed by atoms with Crippen LogP contribution in [0.2, 0.25) is 0 Å². The summed E-state index contributed by atoms with van der Waals surface area (Å²) in [6.07, 6.45) is 1.22. The van der Waals surface area contributed by atoms with Crippen molar-refractivity contribution in [1.29, 1.82) is 21.0 Å². The van der Waals surface area contributed by atoms with E-state index in [-0.39, 0.29) is 0 Å². The lowest BCUT2D eigenvalue weighted by Crippen LogP contribution is -1.89. The van der Waals surface area contributed by atoms with E-state index >= 15 is 0 Å². The van der Waals surface area contributed by atoms with Crippen LogP contribution in [0.4, 0.5) is 0 Å². The highest BCUT2D eigenvalue weighted by Crippen LogP contribution is 2.50. The predicted octanol–water partition coefficient (Wildman–Crippen LogP) is 10.1. The Morgan fingerprint density at radius 2 is 0.783 bits per heavy atom. The highest BCUT2D eigenvalue weighted by molar-refractivity contribution is 7.22. The van der Waals surface area contributed by atoms with Crippen molar-refractivity contribution in [3.8, 4) is 46.5 Å². The van der Waals surface area contributed by atoms with Crippen LogP contribution in [0, 0.1) is 45.3 Å². The van der Waals surface area contributed by atoms with Crippen LogP contribution in [-0.2, 0) is 12.8 Å². The second-order valence-corrected chi connectivity index (χ2v) is 13.3. The van der Waals surface area contributed by atoms with Gasteiger partial charge in [-0.05, 0) is 70.8 Å². The minimum Gasteiger partial charge on any atom is -0.192 e. The van der Waals surface area contributed by atoms with E-state index in [1.165, 1.54) is 31.3 Å². The first-order valence-corrected chi connectivity index (χ1v) is 16.2. The van der Waals surface area contributed by atoms with E-state index in [9.17, 15) is 21.0 Å². The molecule has 0 saturated heterocycles. The molecule has 0 unspecified atom stereocenters. The molecule has 0 aliphatic rings. The van der Waals surface area contributed by atoms with Gasteiger partial charge < -0.3 is 0 Å². The number of hydrogen-bond donors (Lipinski definition) is 0. The molecular formula is C40H22N4S2. The first-order chi connectivity index (χ1) is 22.6. The van der Waals surface area contributed by atoms with Crippen molar-refractivity contribution in [1.82, 2.24) is 0 Å². The van der Waals surface area contributed by atoms with Crippen molar-refractivity contribution in [3.05, 3.63) is 152 Å². The molecule has 0 bridgehead atoms. The van der Waals surface area contributed by atoms with E-state index < -0.39 is 0 Å². The number of thiophene rings is 2. The molecule has 214 valence electrons. The summed E-state index contributed by atoms with van der Waals surface area (Å²) in [5.41, 5.74) is 8.43. The molecule has 0 atom stereocenters. The molecule has 2 heterocycles. The van der Waals surface area contributed by atoms with Crippen LogP contribution < -0.4 is 0 Å². The molecule has 4 nitrogen and oxygen atoms in total. The Kier molecular flexibility index (Phi) is 7.60. The van der Waals surface area contributed by atoms with Gasteiger partial charge in [0.2, 0.25) is 0 Å². The summed E-state index contributed by atoms with van der Waals surface area (Å²) in [6.45, 7) is 0. The van der Waals surface area contributed by atoms with E-state index in [1.807, 2.05) is 36.4 Å². The molecule has 0 aliphatic carbocycles. The van der Waals surface area contributed by atoms with Gasteiger partial charge in [-0.1, -0.05) is 60.7 Å². The molecule has 46 heavy (non-hydrogen) atoms. The van der Waals surface area contributed by atoms with E-state index in [0.717, 1.165) is 32.0 Å². The fourth-order valence-corrected chi connectivity index (χ4v) is 8.63. The van der Waals surface area contributed by atoms with Gasteiger partial charge in [-0.3, -0.25) is 0 Å². The first-order valence-electron chi connectivity index (χ1n) is 14.6. The van der Waals surface area contributed by atoms with Crippen LogP contribution in [0.5, 0.6) is 0 Å². The fourth-order valence-electron chi connectivity index (χ4n) is 6.08. The highest BCUT2D eigenvalue weighted by atomic mass is 32.1. The minimum absolute atomic E-state index is 0.486. The molecule has 0 radical (unpaired) electrons. The third kappa shape index (κ3) is 5.41. The smallest absolute Gasteiger partial charge is 0.0992 e. The average Bonchev–Trinajstić information content (AvgIpc) is 3.70. The molecule has 2 aromatic heterocycles. The van der Waals surface area contributed by atoms with Crippen LogP contribution in [0.25, 0.3) is 42.4 Å². The molecule has 6 heteroatoms. The van der Waals surface area contributed by atoms with Gasteiger partial charge in [-0.15, -0.1) is 22.7 Å². The SMILES string of the molecule is N#Cc1cc(C#N)cc(Cc2cc3c(-c4ccccc4)c4sc(Cc5cc(C#N)cc(C#N)c5)cc4c(-c4ccccc4)c3s2)c1. The number of nitriles is 4. The van der Waals surface area contributed by atoms with Crippen LogP contribution in [0.1, 0.15) is 43.1 Å². The van der Waals surface area contributed by atoms with Crippen molar-refractivity contribution >= 4 is 42.8 Å². The summed E-state index contributed by atoms with van der Waals surface area (Å²) in [4.78, 5) is 2.30. The Morgan fingerprint density at radius 3 is 1.11 bits per heavy atom. The number of rotatable bonds is 6. The number of fused-ring (bicyclic) bond motifs is 2. The van der Waals surface area contributed by atoms with Gasteiger partial charge in [0.15, 0.2) is 0 Å². The molecule has 0 fully saturated rings. The molecule has 0 aliphatic heterocycles. The van der Waals surface area contributed by atoms with Crippen LogP contribution >= 0.6 is 22.7 Å². The van der Waals surface area contributed by atoms with Gasteiger partial charge in [0.25, 0.3) is 0 Å². The summed E-state index contributed by atoms with van der Waals surface area (Å²) in [6, 6.07) is 44.9. The Balaban J connectivity index is 1.48. The molecule has 0 spiro atoms. The van der Waals surface area contributed by atoms with Crippen LogP contribution in [0.3, 0.4) is 0 Å². The Morgan fingerprint density at radius 1 is 0.435 bits per heavy atom. The largest absolute Gasteiger partial charge is 0.192 e. The topological polar surface area (TPSA) is 95.2 Å². The second kappa shape index (κ2) is 12.2. The lowest BCUT2D eigenvalue weighted by Gasteiger charge is -2.12. The Labute approximate surface area is 274 Å². The zero-order valence-corrected chi connectivity index (χ0v) is 26.0. The third-order valence-corrected chi connectivity index (χ3v) is 10.2. The van der Waals surface area contributed by atoms with E-state index in [2.05, 4.69) is 84.9 Å². The van der Waals surface area contributed by atoms with E-state index in [1.54, 1.807) is 34.8 Å². The number of hydrogen-bond acceptors (Lipinski definition) is 6. The van der Waals surface area contributed by atoms with Gasteiger partial charge in [-0.25, -0.2) is 0 Å². The minimum atomic E-state index is 0.486.